The molecule has 0 radical (unpaired) electrons. The first-order valence-electron chi connectivity index (χ1n) is 12.4. The molecule has 5 rings (SSSR count). The highest BCUT2D eigenvalue weighted by molar-refractivity contribution is 5.99. The highest BCUT2D eigenvalue weighted by atomic mass is 19.4. The summed E-state index contributed by atoms with van der Waals surface area (Å²) in [5.74, 6) is 1.74. The van der Waals surface area contributed by atoms with E-state index in [0.717, 1.165) is 17.8 Å². The zero-order valence-corrected chi connectivity index (χ0v) is 20.8. The number of nitrogen functional groups attached to an aromatic ring is 1. The van der Waals surface area contributed by atoms with E-state index in [1.807, 2.05) is 6.07 Å². The maximum Gasteiger partial charge on any atom is 0.416 e. The molecule has 4 aromatic rings. The molecule has 0 bridgehead atoms. The van der Waals surface area contributed by atoms with Crippen molar-refractivity contribution < 1.29 is 18.0 Å². The van der Waals surface area contributed by atoms with Crippen LogP contribution in [0.1, 0.15) is 42.9 Å². The van der Waals surface area contributed by atoms with Gasteiger partial charge in [0, 0.05) is 40.8 Å². The van der Waals surface area contributed by atoms with Gasteiger partial charge < -0.3 is 27.0 Å². The van der Waals surface area contributed by atoms with Gasteiger partial charge in [0.2, 0.25) is 0 Å². The van der Waals surface area contributed by atoms with Crippen molar-refractivity contribution in [1.29, 1.82) is 0 Å². The predicted octanol–water partition coefficient (Wildman–Crippen LogP) is 7.19. The van der Waals surface area contributed by atoms with E-state index in [0.29, 0.717) is 40.3 Å². The Balaban J connectivity index is 1.18. The number of nitrogens with zero attached hydrogens (tertiary/aromatic N) is 2. The number of H-pyrrole nitrogens is 1. The molecule has 7 N–H and O–H groups in total. The third-order valence-corrected chi connectivity index (χ3v) is 6.45. The van der Waals surface area contributed by atoms with Crippen LogP contribution in [-0.2, 0) is 6.18 Å². The zero-order valence-electron chi connectivity index (χ0n) is 20.8. The number of hydrogen-bond donors (Lipinski definition) is 6. The maximum atomic E-state index is 12.9. The van der Waals surface area contributed by atoms with Crippen LogP contribution in [0.25, 0.3) is 0 Å². The second-order valence-electron chi connectivity index (χ2n) is 9.33. The number of benzene rings is 2. The molecule has 39 heavy (non-hydrogen) atoms. The number of halogens is 3. The number of hydrogen-bond acceptors (Lipinski definition) is 6. The maximum absolute atomic E-state index is 12.9. The smallest absolute Gasteiger partial charge is 0.396 e. The number of carbonyl (C=O) groups excluding carboxylic acids is 1. The van der Waals surface area contributed by atoms with Gasteiger partial charge in [0.15, 0.2) is 5.82 Å². The van der Waals surface area contributed by atoms with Crippen molar-refractivity contribution in [3.63, 3.8) is 0 Å². The van der Waals surface area contributed by atoms with Crippen molar-refractivity contribution in [2.45, 2.75) is 37.8 Å². The van der Waals surface area contributed by atoms with Crippen LogP contribution in [0.15, 0.2) is 66.9 Å². The van der Waals surface area contributed by atoms with Gasteiger partial charge >= 0.3 is 12.2 Å². The molecule has 0 unspecified atom stereocenters. The van der Waals surface area contributed by atoms with Crippen molar-refractivity contribution in [1.82, 2.24) is 15.2 Å². The molecule has 9 nitrogen and oxygen atoms in total. The van der Waals surface area contributed by atoms with Gasteiger partial charge in [-0.05, 0) is 55.3 Å². The van der Waals surface area contributed by atoms with Gasteiger partial charge in [-0.15, -0.1) is 0 Å². The highest BCUT2D eigenvalue weighted by Gasteiger charge is 2.30. The SMILES string of the molecule is Nc1cnc(Nc2ccc(NC(=O)Nc3cccc(C(F)(F)F)c3)cc2)cc1Nc1cc(C2CCCC2)[nH]n1. The van der Waals surface area contributed by atoms with Gasteiger partial charge in [0.05, 0.1) is 23.1 Å². The summed E-state index contributed by atoms with van der Waals surface area (Å²) in [4.78, 5) is 16.6. The normalized spacial score (nSPS) is 13.7. The number of pyridine rings is 1. The highest BCUT2D eigenvalue weighted by Crippen LogP contribution is 2.35. The first kappa shape index (κ1) is 25.9. The fraction of sp³-hybridized carbons (Fsp3) is 0.222. The van der Waals surface area contributed by atoms with Crippen LogP contribution < -0.4 is 27.0 Å². The summed E-state index contributed by atoms with van der Waals surface area (Å²) in [6.07, 6.45) is 1.86. The molecular weight excluding hydrogens is 509 g/mol. The summed E-state index contributed by atoms with van der Waals surface area (Å²) >= 11 is 0. The number of nitrogens with two attached hydrogens (primary N) is 1. The summed E-state index contributed by atoms with van der Waals surface area (Å²) in [6, 6.07) is 14.3. The summed E-state index contributed by atoms with van der Waals surface area (Å²) in [6.45, 7) is 0. The molecule has 2 heterocycles. The van der Waals surface area contributed by atoms with E-state index in [4.69, 9.17) is 5.73 Å². The molecule has 0 saturated heterocycles. The molecule has 2 aromatic heterocycles. The monoisotopic (exact) mass is 536 g/mol. The third kappa shape index (κ3) is 6.58. The molecule has 2 aromatic carbocycles. The Kier molecular flexibility index (Phi) is 7.26. The van der Waals surface area contributed by atoms with E-state index in [9.17, 15) is 18.0 Å². The molecule has 0 aliphatic heterocycles. The molecule has 202 valence electrons. The molecular formula is C27H27F3N8O. The van der Waals surface area contributed by atoms with Gasteiger partial charge in [-0.2, -0.15) is 18.3 Å². The number of aromatic amines is 1. The third-order valence-electron chi connectivity index (χ3n) is 6.45. The summed E-state index contributed by atoms with van der Waals surface area (Å²) in [5, 5.41) is 18.9. The Morgan fingerprint density at radius 2 is 1.62 bits per heavy atom. The van der Waals surface area contributed by atoms with Crippen molar-refractivity contribution in [2.75, 3.05) is 27.0 Å². The number of nitrogens with one attached hydrogen (secondary N) is 5. The average Bonchev–Trinajstić information content (AvgIpc) is 3.59. The summed E-state index contributed by atoms with van der Waals surface area (Å²) < 4.78 is 38.7. The average molecular weight is 537 g/mol. The van der Waals surface area contributed by atoms with E-state index < -0.39 is 17.8 Å². The number of anilines is 7. The van der Waals surface area contributed by atoms with Crippen LogP contribution in [0.3, 0.4) is 0 Å². The molecule has 1 saturated carbocycles. The lowest BCUT2D eigenvalue weighted by molar-refractivity contribution is -0.137. The van der Waals surface area contributed by atoms with Crippen LogP contribution >= 0.6 is 0 Å². The lowest BCUT2D eigenvalue weighted by atomic mass is 10.0. The minimum absolute atomic E-state index is 0.0315. The van der Waals surface area contributed by atoms with Crippen molar-refractivity contribution in [3.8, 4) is 0 Å². The quantitative estimate of drug-likeness (QED) is 0.148. The topological polar surface area (TPSA) is 133 Å². The van der Waals surface area contributed by atoms with E-state index in [1.165, 1.54) is 37.8 Å². The molecule has 1 fully saturated rings. The number of urea groups is 1. The van der Waals surface area contributed by atoms with E-state index >= 15 is 0 Å². The molecule has 2 amide bonds. The van der Waals surface area contributed by atoms with Gasteiger partial charge in [0.25, 0.3) is 0 Å². The largest absolute Gasteiger partial charge is 0.416 e. The van der Waals surface area contributed by atoms with E-state index in [1.54, 1.807) is 36.5 Å². The van der Waals surface area contributed by atoms with E-state index in [-0.39, 0.29) is 5.69 Å². The molecule has 0 atom stereocenters. The van der Waals surface area contributed by atoms with Crippen LogP contribution in [0.2, 0.25) is 0 Å². The Morgan fingerprint density at radius 1 is 0.897 bits per heavy atom. The Labute approximate surface area is 222 Å². The number of alkyl halides is 3. The Morgan fingerprint density at radius 3 is 2.36 bits per heavy atom. The van der Waals surface area contributed by atoms with Crippen LogP contribution in [-0.4, -0.2) is 21.2 Å². The number of carbonyl (C=O) groups is 1. The standard InChI is InChI=1S/C27H27F3N8O/c28-27(29,30)17-6-3-7-20(12-17)35-26(39)34-19-10-8-18(9-11-19)33-24-14-23(21(31)15-32-24)36-25-13-22(37-38-25)16-4-1-2-5-16/h3,6-16H,1-2,4-5,31H2,(H2,34,35,39)(H3,32,33,36,37,38). The van der Waals surface area contributed by atoms with E-state index in [2.05, 4.69) is 36.4 Å². The second-order valence-corrected chi connectivity index (χ2v) is 9.33. The Bertz CT molecular complexity index is 1450. The van der Waals surface area contributed by atoms with Crippen molar-refractivity contribution in [2.24, 2.45) is 0 Å². The second kappa shape index (κ2) is 10.9. The minimum atomic E-state index is -4.50. The molecule has 1 aliphatic carbocycles. The van der Waals surface area contributed by atoms with Crippen molar-refractivity contribution in [3.05, 3.63) is 78.1 Å². The molecule has 0 spiro atoms. The zero-order chi connectivity index (χ0) is 27.4. The lowest BCUT2D eigenvalue weighted by Crippen LogP contribution is -2.19. The van der Waals surface area contributed by atoms with Gasteiger partial charge in [-0.3, -0.25) is 5.10 Å². The predicted molar refractivity (Wildman–Crippen MR) is 146 cm³/mol. The fourth-order valence-electron chi connectivity index (χ4n) is 4.48. The number of aromatic nitrogens is 3. The van der Waals surface area contributed by atoms with Crippen molar-refractivity contribution >= 4 is 46.1 Å². The van der Waals surface area contributed by atoms with Gasteiger partial charge in [0.1, 0.15) is 5.82 Å². The Hall–Kier alpha value is -4.74. The first-order valence-corrected chi connectivity index (χ1v) is 12.4. The molecule has 12 heteroatoms. The van der Waals surface area contributed by atoms with Crippen LogP contribution in [0.4, 0.5) is 58.0 Å². The minimum Gasteiger partial charge on any atom is -0.396 e. The number of rotatable bonds is 7. The first-order chi connectivity index (χ1) is 18.7. The van der Waals surface area contributed by atoms with Crippen LogP contribution in [0.5, 0.6) is 0 Å². The van der Waals surface area contributed by atoms with Gasteiger partial charge in [-0.1, -0.05) is 18.9 Å². The summed E-state index contributed by atoms with van der Waals surface area (Å²) in [7, 11) is 0. The fourth-order valence-corrected chi connectivity index (χ4v) is 4.48. The van der Waals surface area contributed by atoms with Gasteiger partial charge in [-0.25, -0.2) is 9.78 Å². The molecule has 1 aliphatic rings. The van der Waals surface area contributed by atoms with Crippen LogP contribution in [0, 0.1) is 0 Å². The number of amides is 2. The summed E-state index contributed by atoms with van der Waals surface area (Å²) in [5.41, 5.74) is 8.71. The lowest BCUT2D eigenvalue weighted by Gasteiger charge is -2.12.